The number of carbonyl (C=O) groups excluding carboxylic acids is 3. The molecule has 0 spiro atoms. The Kier molecular flexibility index (Phi) is 6.78. The van der Waals surface area contributed by atoms with Crippen molar-refractivity contribution in [2.75, 3.05) is 11.9 Å². The molecule has 1 atom stereocenters. The van der Waals surface area contributed by atoms with Gasteiger partial charge in [-0.1, -0.05) is 19.9 Å². The van der Waals surface area contributed by atoms with E-state index in [-0.39, 0.29) is 17.2 Å². The number of rotatable bonds is 7. The second kappa shape index (κ2) is 9.06. The number of aryl methyl sites for hydroxylation is 1. The summed E-state index contributed by atoms with van der Waals surface area (Å²) < 4.78 is 10.1. The molecular formula is C21H23N3O5. The van der Waals surface area contributed by atoms with Gasteiger partial charge in [-0.3, -0.25) is 9.59 Å². The monoisotopic (exact) mass is 397 g/mol. The molecule has 1 heterocycles. The molecule has 152 valence electrons. The minimum absolute atomic E-state index is 0.121. The van der Waals surface area contributed by atoms with Crippen LogP contribution >= 0.6 is 0 Å². The molecular weight excluding hydrogens is 374 g/mol. The summed E-state index contributed by atoms with van der Waals surface area (Å²) in [4.78, 5) is 36.5. The first-order valence-corrected chi connectivity index (χ1v) is 9.01. The average Bonchev–Trinajstić information content (AvgIpc) is 3.22. The molecule has 1 aromatic heterocycles. The Morgan fingerprint density at radius 2 is 2.00 bits per heavy atom. The third-order valence-corrected chi connectivity index (χ3v) is 4.59. The zero-order valence-corrected chi connectivity index (χ0v) is 16.7. The standard InChI is InChI=1S/C21H23N3O5/c1-13(2)21(4,12-22)24-18(25)11-29-20(27)15-8-7-14(3)16(10-15)23-19(26)17-6-5-9-28-17/h5-10,13H,11H2,1-4H3,(H,23,26)(H,24,25)/t21-/m0/s1. The van der Waals surface area contributed by atoms with E-state index in [1.165, 1.54) is 24.5 Å². The van der Waals surface area contributed by atoms with Crippen LogP contribution in [-0.2, 0) is 9.53 Å². The van der Waals surface area contributed by atoms with E-state index in [0.717, 1.165) is 5.56 Å². The maximum Gasteiger partial charge on any atom is 0.338 e. The Morgan fingerprint density at radius 3 is 2.59 bits per heavy atom. The predicted octanol–water partition coefficient (Wildman–Crippen LogP) is 3.05. The van der Waals surface area contributed by atoms with Gasteiger partial charge in [-0.15, -0.1) is 0 Å². The number of benzene rings is 1. The summed E-state index contributed by atoms with van der Waals surface area (Å²) in [6.45, 7) is 6.46. The fourth-order valence-electron chi connectivity index (χ4n) is 2.32. The van der Waals surface area contributed by atoms with Crippen LogP contribution in [0.3, 0.4) is 0 Å². The minimum atomic E-state index is -1.06. The number of carbonyl (C=O) groups is 3. The number of nitriles is 1. The van der Waals surface area contributed by atoms with E-state index >= 15 is 0 Å². The number of anilines is 1. The molecule has 2 amide bonds. The van der Waals surface area contributed by atoms with E-state index in [4.69, 9.17) is 9.15 Å². The van der Waals surface area contributed by atoms with Crippen LogP contribution in [0.5, 0.6) is 0 Å². The first-order chi connectivity index (χ1) is 13.7. The smallest absolute Gasteiger partial charge is 0.338 e. The van der Waals surface area contributed by atoms with Gasteiger partial charge >= 0.3 is 5.97 Å². The number of esters is 1. The summed E-state index contributed by atoms with van der Waals surface area (Å²) in [5.74, 6) is -1.73. The van der Waals surface area contributed by atoms with Gasteiger partial charge in [-0.2, -0.15) is 5.26 Å². The lowest BCUT2D eigenvalue weighted by Gasteiger charge is -2.27. The highest BCUT2D eigenvalue weighted by Gasteiger charge is 2.30. The highest BCUT2D eigenvalue weighted by atomic mass is 16.5. The second-order valence-electron chi connectivity index (χ2n) is 7.05. The predicted molar refractivity (Wildman–Crippen MR) is 105 cm³/mol. The number of nitrogens with one attached hydrogen (secondary N) is 2. The van der Waals surface area contributed by atoms with Crippen molar-refractivity contribution in [2.24, 2.45) is 5.92 Å². The van der Waals surface area contributed by atoms with Gasteiger partial charge in [0.2, 0.25) is 0 Å². The summed E-state index contributed by atoms with van der Waals surface area (Å²) in [6, 6.07) is 9.82. The summed E-state index contributed by atoms with van der Waals surface area (Å²) in [7, 11) is 0. The van der Waals surface area contributed by atoms with E-state index < -0.39 is 29.9 Å². The fraction of sp³-hybridized carbons (Fsp3) is 0.333. The van der Waals surface area contributed by atoms with Crippen LogP contribution in [0.15, 0.2) is 41.0 Å². The molecule has 0 bridgehead atoms. The van der Waals surface area contributed by atoms with Crippen LogP contribution in [0.1, 0.15) is 47.2 Å². The normalized spacial score (nSPS) is 12.6. The van der Waals surface area contributed by atoms with Crippen molar-refractivity contribution in [1.29, 1.82) is 5.26 Å². The number of ether oxygens (including phenoxy) is 1. The molecule has 1 aromatic carbocycles. The zero-order chi connectivity index (χ0) is 21.6. The van der Waals surface area contributed by atoms with Crippen molar-refractivity contribution >= 4 is 23.5 Å². The average molecular weight is 397 g/mol. The molecule has 0 fully saturated rings. The molecule has 2 N–H and O–H groups in total. The van der Waals surface area contributed by atoms with Gasteiger partial charge in [0, 0.05) is 5.69 Å². The molecule has 0 aliphatic heterocycles. The molecule has 2 aromatic rings. The highest BCUT2D eigenvalue weighted by Crippen LogP contribution is 2.19. The largest absolute Gasteiger partial charge is 0.459 e. The lowest BCUT2D eigenvalue weighted by atomic mass is 9.90. The van der Waals surface area contributed by atoms with Crippen LogP contribution in [0.4, 0.5) is 5.69 Å². The van der Waals surface area contributed by atoms with Crippen molar-refractivity contribution in [2.45, 2.75) is 33.2 Å². The van der Waals surface area contributed by atoms with Gasteiger partial charge in [0.1, 0.15) is 5.54 Å². The van der Waals surface area contributed by atoms with Gasteiger partial charge in [0.05, 0.1) is 17.9 Å². The van der Waals surface area contributed by atoms with Gasteiger partial charge in [0.15, 0.2) is 12.4 Å². The third-order valence-electron chi connectivity index (χ3n) is 4.59. The molecule has 29 heavy (non-hydrogen) atoms. The van der Waals surface area contributed by atoms with Crippen LogP contribution in [0.25, 0.3) is 0 Å². The maximum atomic E-state index is 12.3. The third kappa shape index (κ3) is 5.45. The van der Waals surface area contributed by atoms with Crippen molar-refractivity contribution in [3.63, 3.8) is 0 Å². The van der Waals surface area contributed by atoms with E-state index in [1.54, 1.807) is 39.8 Å². The molecule has 0 aliphatic carbocycles. The van der Waals surface area contributed by atoms with Gasteiger partial charge < -0.3 is 19.8 Å². The molecule has 0 saturated carbocycles. The Bertz CT molecular complexity index is 944. The van der Waals surface area contributed by atoms with Gasteiger partial charge in [0.25, 0.3) is 11.8 Å². The van der Waals surface area contributed by atoms with Crippen LogP contribution in [0.2, 0.25) is 0 Å². The second-order valence-corrected chi connectivity index (χ2v) is 7.05. The summed E-state index contributed by atoms with van der Waals surface area (Å²) in [5, 5.41) is 14.5. The quantitative estimate of drug-likeness (QED) is 0.693. The molecule has 8 nitrogen and oxygen atoms in total. The first-order valence-electron chi connectivity index (χ1n) is 9.01. The van der Waals surface area contributed by atoms with Crippen molar-refractivity contribution in [3.8, 4) is 6.07 Å². The van der Waals surface area contributed by atoms with Crippen LogP contribution < -0.4 is 10.6 Å². The van der Waals surface area contributed by atoms with Crippen molar-refractivity contribution in [3.05, 3.63) is 53.5 Å². The Labute approximate surface area is 168 Å². The zero-order valence-electron chi connectivity index (χ0n) is 16.7. The minimum Gasteiger partial charge on any atom is -0.459 e. The number of hydrogen-bond donors (Lipinski definition) is 2. The first kappa shape index (κ1) is 21.7. The molecule has 0 unspecified atom stereocenters. The SMILES string of the molecule is Cc1ccc(C(=O)OCC(=O)N[C@@](C)(C#N)C(C)C)cc1NC(=O)c1ccco1. The fourth-order valence-corrected chi connectivity index (χ4v) is 2.32. The lowest BCUT2D eigenvalue weighted by molar-refractivity contribution is -0.125. The molecule has 0 saturated heterocycles. The topological polar surface area (TPSA) is 121 Å². The highest BCUT2D eigenvalue weighted by molar-refractivity contribution is 6.03. The number of hydrogen-bond acceptors (Lipinski definition) is 6. The van der Waals surface area contributed by atoms with Crippen molar-refractivity contribution in [1.82, 2.24) is 5.32 Å². The summed E-state index contributed by atoms with van der Waals surface area (Å²) in [6.07, 6.45) is 1.39. The van der Waals surface area contributed by atoms with E-state index in [0.29, 0.717) is 5.69 Å². The van der Waals surface area contributed by atoms with Gasteiger partial charge in [-0.25, -0.2) is 4.79 Å². The number of furan rings is 1. The molecule has 0 radical (unpaired) electrons. The molecule has 8 heteroatoms. The van der Waals surface area contributed by atoms with E-state index in [2.05, 4.69) is 16.7 Å². The molecule has 0 aliphatic rings. The summed E-state index contributed by atoms with van der Waals surface area (Å²) in [5.41, 5.74) is 0.268. The van der Waals surface area contributed by atoms with Crippen LogP contribution in [-0.4, -0.2) is 29.9 Å². The molecule has 2 rings (SSSR count). The Morgan fingerprint density at radius 1 is 1.28 bits per heavy atom. The van der Waals surface area contributed by atoms with E-state index in [1.807, 2.05) is 0 Å². The lowest BCUT2D eigenvalue weighted by Crippen LogP contribution is -2.50. The summed E-state index contributed by atoms with van der Waals surface area (Å²) >= 11 is 0. The Hall–Kier alpha value is -3.60. The number of amides is 2. The van der Waals surface area contributed by atoms with Crippen molar-refractivity contribution < 1.29 is 23.5 Å². The number of nitrogens with zero attached hydrogens (tertiary/aromatic N) is 1. The maximum absolute atomic E-state index is 12.3. The van der Waals surface area contributed by atoms with Gasteiger partial charge in [-0.05, 0) is 49.6 Å². The Balaban J connectivity index is 2.01. The van der Waals surface area contributed by atoms with Crippen LogP contribution in [0, 0.1) is 24.2 Å². The van der Waals surface area contributed by atoms with E-state index in [9.17, 15) is 19.6 Å².